The van der Waals surface area contributed by atoms with Crippen LogP contribution in [0, 0.1) is 13.8 Å². The number of esters is 1. The number of ketones is 1. The predicted octanol–water partition coefficient (Wildman–Crippen LogP) is 2.57. The summed E-state index contributed by atoms with van der Waals surface area (Å²) in [5.41, 5.74) is 2.79. The van der Waals surface area contributed by atoms with Crippen LogP contribution in [0.1, 0.15) is 34.2 Å². The van der Waals surface area contributed by atoms with Gasteiger partial charge in [-0.25, -0.2) is 4.79 Å². The van der Waals surface area contributed by atoms with Crippen LogP contribution in [-0.2, 0) is 23.1 Å². The molecule has 2 heterocycles. The minimum atomic E-state index is -0.560. The maximum atomic E-state index is 13.1. The number of hydrogen-bond acceptors (Lipinski definition) is 5. The predicted molar refractivity (Wildman–Crippen MR) is 123 cm³/mol. The SMILES string of the molecule is CCOC(=O)C=c1sc(=Cc2ccc(Cl)cc2)c(=O)n1CC(=O)c1cc(C)n(C)c1C. The summed E-state index contributed by atoms with van der Waals surface area (Å²) in [5, 5.41) is 0.594. The van der Waals surface area contributed by atoms with Crippen molar-refractivity contribution in [3.05, 3.63) is 77.4 Å². The molecule has 0 aliphatic heterocycles. The number of carbonyl (C=O) groups is 2. The smallest absolute Gasteiger partial charge is 0.333 e. The Morgan fingerprint density at radius 2 is 1.87 bits per heavy atom. The van der Waals surface area contributed by atoms with Gasteiger partial charge in [0.2, 0.25) is 0 Å². The summed E-state index contributed by atoms with van der Waals surface area (Å²) in [6.07, 6.45) is 2.97. The highest BCUT2D eigenvalue weighted by molar-refractivity contribution is 7.07. The van der Waals surface area contributed by atoms with E-state index in [1.165, 1.54) is 10.6 Å². The highest BCUT2D eigenvalue weighted by Gasteiger charge is 2.17. The van der Waals surface area contributed by atoms with Crippen LogP contribution in [-0.4, -0.2) is 27.5 Å². The number of hydrogen-bond donors (Lipinski definition) is 0. The van der Waals surface area contributed by atoms with Crippen molar-refractivity contribution < 1.29 is 14.3 Å². The Kier molecular flexibility index (Phi) is 6.97. The first-order valence-corrected chi connectivity index (χ1v) is 10.9. The summed E-state index contributed by atoms with van der Waals surface area (Å²) in [4.78, 5) is 38.1. The van der Waals surface area contributed by atoms with Gasteiger partial charge in [0.05, 0.1) is 23.8 Å². The van der Waals surface area contributed by atoms with Crippen molar-refractivity contribution in [2.75, 3.05) is 6.61 Å². The molecule has 0 fully saturated rings. The van der Waals surface area contributed by atoms with Gasteiger partial charge in [-0.2, -0.15) is 0 Å². The lowest BCUT2D eigenvalue weighted by Gasteiger charge is -2.04. The molecule has 3 rings (SSSR count). The van der Waals surface area contributed by atoms with E-state index in [-0.39, 0.29) is 24.5 Å². The van der Waals surface area contributed by atoms with Crippen molar-refractivity contribution in [3.63, 3.8) is 0 Å². The third kappa shape index (κ3) is 5.06. The number of rotatable bonds is 6. The Hall–Kier alpha value is -2.90. The number of ether oxygens (including phenoxy) is 1. The summed E-state index contributed by atoms with van der Waals surface area (Å²) in [6.45, 7) is 5.54. The molecule has 0 aliphatic rings. The number of aryl methyl sites for hydroxylation is 1. The van der Waals surface area contributed by atoms with Crippen molar-refractivity contribution in [1.29, 1.82) is 0 Å². The van der Waals surface area contributed by atoms with Crippen LogP contribution in [0.25, 0.3) is 12.2 Å². The Balaban J connectivity index is 2.11. The fourth-order valence-electron chi connectivity index (χ4n) is 3.15. The zero-order valence-electron chi connectivity index (χ0n) is 17.8. The zero-order valence-corrected chi connectivity index (χ0v) is 19.3. The molecule has 0 saturated carbocycles. The van der Waals surface area contributed by atoms with Gasteiger partial charge < -0.3 is 9.30 Å². The molecular formula is C23H23ClN2O4S. The van der Waals surface area contributed by atoms with Gasteiger partial charge in [0.15, 0.2) is 5.78 Å². The van der Waals surface area contributed by atoms with Crippen LogP contribution in [0.3, 0.4) is 0 Å². The highest BCUT2D eigenvalue weighted by Crippen LogP contribution is 2.14. The van der Waals surface area contributed by atoms with E-state index in [0.717, 1.165) is 28.3 Å². The lowest BCUT2D eigenvalue weighted by atomic mass is 10.1. The van der Waals surface area contributed by atoms with E-state index in [9.17, 15) is 14.4 Å². The zero-order chi connectivity index (χ0) is 22.7. The highest BCUT2D eigenvalue weighted by atomic mass is 35.5. The molecular weight excluding hydrogens is 436 g/mol. The quantitative estimate of drug-likeness (QED) is 0.420. The van der Waals surface area contributed by atoms with Crippen molar-refractivity contribution in [2.24, 2.45) is 7.05 Å². The maximum Gasteiger partial charge on any atom is 0.333 e. The Labute approximate surface area is 188 Å². The molecule has 0 unspecified atom stereocenters. The van der Waals surface area contributed by atoms with E-state index < -0.39 is 5.97 Å². The van der Waals surface area contributed by atoms with Gasteiger partial charge in [0.1, 0.15) is 4.66 Å². The molecule has 0 spiro atoms. The van der Waals surface area contributed by atoms with Crippen LogP contribution in [0.2, 0.25) is 5.02 Å². The third-order valence-electron chi connectivity index (χ3n) is 5.01. The summed E-state index contributed by atoms with van der Waals surface area (Å²) < 4.78 is 9.02. The van der Waals surface area contributed by atoms with Crippen LogP contribution in [0.5, 0.6) is 0 Å². The summed E-state index contributed by atoms with van der Waals surface area (Å²) in [5.74, 6) is -0.757. The Morgan fingerprint density at radius 1 is 1.19 bits per heavy atom. The molecule has 0 aliphatic carbocycles. The molecule has 0 atom stereocenters. The lowest BCUT2D eigenvalue weighted by Crippen LogP contribution is -2.34. The number of thiazole rings is 1. The number of nitrogens with zero attached hydrogens (tertiary/aromatic N) is 2. The molecule has 31 heavy (non-hydrogen) atoms. The van der Waals surface area contributed by atoms with Crippen LogP contribution in [0.15, 0.2) is 35.1 Å². The first kappa shape index (κ1) is 22.8. The molecule has 8 heteroatoms. The molecule has 0 radical (unpaired) electrons. The number of benzene rings is 1. The molecule has 6 nitrogen and oxygen atoms in total. The van der Waals surface area contributed by atoms with E-state index in [0.29, 0.717) is 19.8 Å². The van der Waals surface area contributed by atoms with E-state index in [1.807, 2.05) is 31.5 Å². The summed E-state index contributed by atoms with van der Waals surface area (Å²) >= 11 is 7.07. The monoisotopic (exact) mass is 458 g/mol. The Morgan fingerprint density at radius 3 is 2.45 bits per heavy atom. The molecule has 162 valence electrons. The number of Topliss-reactive ketones (excluding diaryl/α,β-unsaturated/α-hetero) is 1. The first-order chi connectivity index (χ1) is 14.7. The molecule has 0 amide bonds. The van der Waals surface area contributed by atoms with Gasteiger partial charge in [-0.05, 0) is 50.6 Å². The largest absolute Gasteiger partial charge is 0.463 e. The van der Waals surface area contributed by atoms with Gasteiger partial charge in [0.25, 0.3) is 5.56 Å². The van der Waals surface area contributed by atoms with Crippen LogP contribution < -0.4 is 14.8 Å². The second kappa shape index (κ2) is 9.49. The normalized spacial score (nSPS) is 12.4. The molecule has 2 aromatic heterocycles. The van der Waals surface area contributed by atoms with Crippen molar-refractivity contribution >= 4 is 46.8 Å². The average Bonchev–Trinajstić information content (AvgIpc) is 3.15. The number of halogens is 1. The van der Waals surface area contributed by atoms with Crippen molar-refractivity contribution in [1.82, 2.24) is 9.13 Å². The maximum absolute atomic E-state index is 13.1. The van der Waals surface area contributed by atoms with Crippen molar-refractivity contribution in [3.8, 4) is 0 Å². The van der Waals surface area contributed by atoms with E-state index >= 15 is 0 Å². The van der Waals surface area contributed by atoms with Gasteiger partial charge in [-0.3, -0.25) is 14.2 Å². The van der Waals surface area contributed by atoms with E-state index in [4.69, 9.17) is 16.3 Å². The van der Waals surface area contributed by atoms with Gasteiger partial charge in [-0.1, -0.05) is 23.7 Å². The average molecular weight is 459 g/mol. The van der Waals surface area contributed by atoms with Crippen LogP contribution >= 0.6 is 22.9 Å². The standard InChI is InChI=1S/C23H23ClN2O4S/c1-5-30-22(28)12-21-26(13-19(27)18-10-14(2)25(4)15(18)3)23(29)20(31-21)11-16-6-8-17(24)9-7-16/h6-12H,5,13H2,1-4H3. The molecule has 0 N–H and O–H groups in total. The van der Waals surface area contributed by atoms with Gasteiger partial charge >= 0.3 is 5.97 Å². The Bertz CT molecular complexity index is 1310. The van der Waals surface area contributed by atoms with Gasteiger partial charge in [0, 0.05) is 29.0 Å². The third-order valence-corrected chi connectivity index (χ3v) is 6.32. The van der Waals surface area contributed by atoms with Gasteiger partial charge in [-0.15, -0.1) is 11.3 Å². The van der Waals surface area contributed by atoms with E-state index in [1.54, 1.807) is 37.3 Å². The van der Waals surface area contributed by atoms with E-state index in [2.05, 4.69) is 0 Å². The second-order valence-corrected chi connectivity index (χ2v) is 8.55. The molecule has 1 aromatic carbocycles. The number of aromatic nitrogens is 2. The molecule has 0 saturated heterocycles. The fraction of sp³-hybridized carbons (Fsp3) is 0.261. The van der Waals surface area contributed by atoms with Crippen molar-refractivity contribution in [2.45, 2.75) is 27.3 Å². The second-order valence-electron chi connectivity index (χ2n) is 7.06. The number of carbonyl (C=O) groups excluding carboxylic acids is 2. The lowest BCUT2D eigenvalue weighted by molar-refractivity contribution is -0.135. The summed E-state index contributed by atoms with van der Waals surface area (Å²) in [6, 6.07) is 8.86. The minimum Gasteiger partial charge on any atom is -0.463 e. The summed E-state index contributed by atoms with van der Waals surface area (Å²) in [7, 11) is 1.89. The fourth-order valence-corrected chi connectivity index (χ4v) is 4.31. The minimum absolute atomic E-state index is 0.167. The molecule has 3 aromatic rings. The first-order valence-electron chi connectivity index (χ1n) is 9.72. The molecule has 0 bridgehead atoms. The van der Waals surface area contributed by atoms with Crippen LogP contribution in [0.4, 0.5) is 0 Å². The topological polar surface area (TPSA) is 70.3 Å².